The van der Waals surface area contributed by atoms with Gasteiger partial charge < -0.3 is 10.1 Å². The summed E-state index contributed by atoms with van der Waals surface area (Å²) in [6.45, 7) is 3.56. The Balaban J connectivity index is 1.50. The number of fused-ring (bicyclic) bond motifs is 1. The SMILES string of the molecule is CCOCCNC(=O)c1ccccc1Sc1ccc2c(C=Cc3ccccn3)n[nH]c2c1. The molecule has 0 atom stereocenters. The molecule has 7 heteroatoms. The number of carbonyl (C=O) groups excluding carboxylic acids is 1. The fraction of sp³-hybridized carbons (Fsp3) is 0.160. The molecule has 2 aromatic heterocycles. The standard InChI is InChI=1S/C25H24N4O2S/c1-2-31-16-15-27-25(30)21-8-3-4-9-24(21)32-19-11-12-20-22(28-29-23(20)17-19)13-10-18-7-5-6-14-26-18/h3-14,17H,2,15-16H2,1H3,(H,27,30)(H,28,29). The number of benzene rings is 2. The lowest BCUT2D eigenvalue weighted by atomic mass is 10.2. The second kappa shape index (κ2) is 10.7. The lowest BCUT2D eigenvalue weighted by Crippen LogP contribution is -2.27. The number of hydrogen-bond donors (Lipinski definition) is 2. The highest BCUT2D eigenvalue weighted by Gasteiger charge is 2.12. The Labute approximate surface area is 191 Å². The van der Waals surface area contributed by atoms with Gasteiger partial charge in [0, 0.05) is 34.5 Å². The maximum absolute atomic E-state index is 12.6. The molecule has 0 aliphatic carbocycles. The Morgan fingerprint density at radius 2 is 2.00 bits per heavy atom. The first-order valence-electron chi connectivity index (χ1n) is 10.4. The van der Waals surface area contributed by atoms with Crippen LogP contribution in [-0.4, -0.2) is 40.8 Å². The van der Waals surface area contributed by atoms with Gasteiger partial charge in [0.2, 0.25) is 0 Å². The number of hydrogen-bond acceptors (Lipinski definition) is 5. The van der Waals surface area contributed by atoms with Crippen LogP contribution in [0.5, 0.6) is 0 Å². The zero-order chi connectivity index (χ0) is 22.2. The lowest BCUT2D eigenvalue weighted by Gasteiger charge is -2.10. The van der Waals surface area contributed by atoms with Gasteiger partial charge in [0.15, 0.2) is 0 Å². The minimum Gasteiger partial charge on any atom is -0.380 e. The normalized spacial score (nSPS) is 11.3. The van der Waals surface area contributed by atoms with Gasteiger partial charge in [-0.25, -0.2) is 0 Å². The molecule has 0 unspecified atom stereocenters. The zero-order valence-corrected chi connectivity index (χ0v) is 18.6. The van der Waals surface area contributed by atoms with Crippen molar-refractivity contribution in [2.45, 2.75) is 16.7 Å². The number of rotatable bonds is 9. The zero-order valence-electron chi connectivity index (χ0n) is 17.7. The van der Waals surface area contributed by atoms with E-state index in [0.29, 0.717) is 25.3 Å². The number of nitrogens with zero attached hydrogens (tertiary/aromatic N) is 2. The van der Waals surface area contributed by atoms with Crippen molar-refractivity contribution in [3.8, 4) is 0 Å². The number of amides is 1. The topological polar surface area (TPSA) is 79.9 Å². The van der Waals surface area contributed by atoms with Crippen molar-refractivity contribution in [2.75, 3.05) is 19.8 Å². The van der Waals surface area contributed by atoms with E-state index in [4.69, 9.17) is 4.74 Å². The van der Waals surface area contributed by atoms with E-state index in [1.807, 2.05) is 73.7 Å². The fourth-order valence-electron chi connectivity index (χ4n) is 3.20. The molecule has 2 heterocycles. The van der Waals surface area contributed by atoms with Gasteiger partial charge in [0.25, 0.3) is 5.91 Å². The molecule has 0 saturated carbocycles. The predicted molar refractivity (Wildman–Crippen MR) is 129 cm³/mol. The maximum atomic E-state index is 12.6. The van der Waals surface area contributed by atoms with Crippen molar-refractivity contribution in [3.05, 3.63) is 83.8 Å². The van der Waals surface area contributed by atoms with Gasteiger partial charge in [-0.2, -0.15) is 5.10 Å². The number of aromatic amines is 1. The molecule has 6 nitrogen and oxygen atoms in total. The second-order valence-corrected chi connectivity index (χ2v) is 8.07. The summed E-state index contributed by atoms with van der Waals surface area (Å²) in [5, 5.41) is 11.5. The van der Waals surface area contributed by atoms with Crippen LogP contribution in [0.2, 0.25) is 0 Å². The number of aromatic nitrogens is 3. The van der Waals surface area contributed by atoms with Crippen molar-refractivity contribution >= 4 is 40.7 Å². The fourth-order valence-corrected chi connectivity index (χ4v) is 4.18. The molecule has 2 aromatic carbocycles. The minimum absolute atomic E-state index is 0.0997. The largest absolute Gasteiger partial charge is 0.380 e. The van der Waals surface area contributed by atoms with E-state index in [9.17, 15) is 4.79 Å². The molecular weight excluding hydrogens is 420 g/mol. The van der Waals surface area contributed by atoms with Gasteiger partial charge in [-0.3, -0.25) is 14.9 Å². The van der Waals surface area contributed by atoms with E-state index < -0.39 is 0 Å². The molecule has 32 heavy (non-hydrogen) atoms. The molecule has 0 spiro atoms. The number of nitrogens with one attached hydrogen (secondary N) is 2. The number of H-pyrrole nitrogens is 1. The molecule has 0 aliphatic heterocycles. The molecule has 0 saturated heterocycles. The number of ether oxygens (including phenoxy) is 1. The van der Waals surface area contributed by atoms with E-state index >= 15 is 0 Å². The summed E-state index contributed by atoms with van der Waals surface area (Å²) < 4.78 is 5.29. The summed E-state index contributed by atoms with van der Waals surface area (Å²) in [6.07, 6.45) is 5.66. The summed E-state index contributed by atoms with van der Waals surface area (Å²) in [4.78, 5) is 18.8. The Kier molecular flexibility index (Phi) is 7.32. The average Bonchev–Trinajstić information content (AvgIpc) is 3.23. The molecule has 4 aromatic rings. The third kappa shape index (κ3) is 5.43. The van der Waals surface area contributed by atoms with Crippen LogP contribution < -0.4 is 5.32 Å². The van der Waals surface area contributed by atoms with Crippen LogP contribution >= 0.6 is 11.8 Å². The first-order valence-corrected chi connectivity index (χ1v) is 11.3. The van der Waals surface area contributed by atoms with Crippen molar-refractivity contribution in [2.24, 2.45) is 0 Å². The summed E-state index contributed by atoms with van der Waals surface area (Å²) >= 11 is 1.55. The molecule has 0 bridgehead atoms. The Hall–Kier alpha value is -3.42. The highest BCUT2D eigenvalue weighted by Crippen LogP contribution is 2.32. The van der Waals surface area contributed by atoms with E-state index in [1.54, 1.807) is 18.0 Å². The third-order valence-electron chi connectivity index (χ3n) is 4.76. The van der Waals surface area contributed by atoms with Crippen LogP contribution in [0, 0.1) is 0 Å². The summed E-state index contributed by atoms with van der Waals surface area (Å²) in [7, 11) is 0. The first kappa shape index (κ1) is 21.8. The number of pyridine rings is 1. The maximum Gasteiger partial charge on any atom is 0.252 e. The molecule has 2 N–H and O–H groups in total. The van der Waals surface area contributed by atoms with Crippen LogP contribution in [0.1, 0.15) is 28.7 Å². The smallest absolute Gasteiger partial charge is 0.252 e. The van der Waals surface area contributed by atoms with Crippen LogP contribution in [0.4, 0.5) is 0 Å². The van der Waals surface area contributed by atoms with E-state index in [0.717, 1.165) is 32.1 Å². The molecule has 4 rings (SSSR count). The van der Waals surface area contributed by atoms with Crippen molar-refractivity contribution in [3.63, 3.8) is 0 Å². The molecule has 0 fully saturated rings. The molecular formula is C25H24N4O2S. The average molecular weight is 445 g/mol. The highest BCUT2D eigenvalue weighted by molar-refractivity contribution is 7.99. The molecule has 162 valence electrons. The monoisotopic (exact) mass is 444 g/mol. The van der Waals surface area contributed by atoms with E-state index in [1.165, 1.54) is 0 Å². The third-order valence-corrected chi connectivity index (χ3v) is 5.82. The quantitative estimate of drug-likeness (QED) is 0.353. The Morgan fingerprint density at radius 3 is 2.84 bits per heavy atom. The minimum atomic E-state index is -0.0997. The van der Waals surface area contributed by atoms with E-state index in [-0.39, 0.29) is 5.91 Å². The highest BCUT2D eigenvalue weighted by atomic mass is 32.2. The Bertz CT molecular complexity index is 1220. The van der Waals surface area contributed by atoms with Crippen LogP contribution in [0.25, 0.3) is 23.1 Å². The van der Waals surface area contributed by atoms with Crippen molar-refractivity contribution in [1.29, 1.82) is 0 Å². The van der Waals surface area contributed by atoms with Gasteiger partial charge >= 0.3 is 0 Å². The second-order valence-electron chi connectivity index (χ2n) is 6.96. The van der Waals surface area contributed by atoms with Crippen LogP contribution in [0.15, 0.2) is 76.7 Å². The van der Waals surface area contributed by atoms with Gasteiger partial charge in [0.1, 0.15) is 0 Å². The molecule has 0 aliphatic rings. The van der Waals surface area contributed by atoms with Crippen LogP contribution in [0.3, 0.4) is 0 Å². The Morgan fingerprint density at radius 1 is 1.12 bits per heavy atom. The summed E-state index contributed by atoms with van der Waals surface area (Å²) in [5.41, 5.74) is 3.33. The molecule has 1 amide bonds. The summed E-state index contributed by atoms with van der Waals surface area (Å²) in [5.74, 6) is -0.0997. The van der Waals surface area contributed by atoms with Crippen molar-refractivity contribution in [1.82, 2.24) is 20.5 Å². The molecule has 0 radical (unpaired) electrons. The van der Waals surface area contributed by atoms with Crippen molar-refractivity contribution < 1.29 is 9.53 Å². The summed E-state index contributed by atoms with van der Waals surface area (Å²) in [6, 6.07) is 19.6. The predicted octanol–water partition coefficient (Wildman–Crippen LogP) is 5.05. The first-order chi connectivity index (χ1) is 15.7. The van der Waals surface area contributed by atoms with E-state index in [2.05, 4.69) is 26.6 Å². The lowest BCUT2D eigenvalue weighted by molar-refractivity contribution is 0.0919. The van der Waals surface area contributed by atoms with Gasteiger partial charge in [-0.05, 0) is 61.5 Å². The van der Waals surface area contributed by atoms with Gasteiger partial charge in [-0.1, -0.05) is 30.0 Å². The van der Waals surface area contributed by atoms with Gasteiger partial charge in [0.05, 0.1) is 29.1 Å². The van der Waals surface area contributed by atoms with Gasteiger partial charge in [-0.15, -0.1) is 0 Å². The van der Waals surface area contributed by atoms with Crippen LogP contribution in [-0.2, 0) is 4.74 Å². The number of carbonyl (C=O) groups is 1.